The van der Waals surface area contributed by atoms with Gasteiger partial charge in [0.15, 0.2) is 0 Å². The highest BCUT2D eigenvalue weighted by Crippen LogP contribution is 2.44. The summed E-state index contributed by atoms with van der Waals surface area (Å²) in [6.45, 7) is 9.00. The molecule has 1 fully saturated rings. The lowest BCUT2D eigenvalue weighted by Crippen LogP contribution is -2.58. The highest BCUT2D eigenvalue weighted by molar-refractivity contribution is 5.47. The molecule has 2 atom stereocenters. The number of ether oxygens (including phenoxy) is 1. The third-order valence-electron chi connectivity index (χ3n) is 4.04. The van der Waals surface area contributed by atoms with Crippen LogP contribution in [-0.2, 0) is 4.74 Å². The van der Waals surface area contributed by atoms with Gasteiger partial charge in [-0.15, -0.1) is 0 Å². The molecule has 0 spiro atoms. The molecule has 0 radical (unpaired) electrons. The molecule has 2 nitrogen and oxygen atoms in total. The van der Waals surface area contributed by atoms with E-state index in [9.17, 15) is 4.39 Å². The largest absolute Gasteiger partial charge is 0.382 e. The van der Waals surface area contributed by atoms with E-state index in [0.717, 1.165) is 18.7 Å². The van der Waals surface area contributed by atoms with Crippen LogP contribution in [0.25, 0.3) is 0 Å². The lowest BCUT2D eigenvalue weighted by Gasteiger charge is -2.52. The van der Waals surface area contributed by atoms with Gasteiger partial charge in [0.05, 0.1) is 6.10 Å². The van der Waals surface area contributed by atoms with E-state index in [4.69, 9.17) is 4.74 Å². The minimum absolute atomic E-state index is 0.123. The van der Waals surface area contributed by atoms with Gasteiger partial charge in [-0.25, -0.2) is 4.39 Å². The first-order valence-electron chi connectivity index (χ1n) is 6.59. The number of benzene rings is 1. The van der Waals surface area contributed by atoms with Gasteiger partial charge >= 0.3 is 0 Å². The van der Waals surface area contributed by atoms with Crippen molar-refractivity contribution in [2.75, 3.05) is 11.9 Å². The Labute approximate surface area is 109 Å². The summed E-state index contributed by atoms with van der Waals surface area (Å²) in [5, 5.41) is 3.48. The van der Waals surface area contributed by atoms with Crippen LogP contribution in [0.15, 0.2) is 18.2 Å². The van der Waals surface area contributed by atoms with E-state index in [0.29, 0.717) is 17.7 Å². The Morgan fingerprint density at radius 3 is 2.72 bits per heavy atom. The number of hydrogen-bond acceptors (Lipinski definition) is 2. The van der Waals surface area contributed by atoms with Crippen LogP contribution in [0.3, 0.4) is 0 Å². The molecule has 0 heterocycles. The number of aryl methyl sites for hydroxylation is 1. The van der Waals surface area contributed by atoms with E-state index in [1.807, 2.05) is 13.0 Å². The Morgan fingerprint density at radius 1 is 1.44 bits per heavy atom. The van der Waals surface area contributed by atoms with Crippen LogP contribution in [0.5, 0.6) is 0 Å². The van der Waals surface area contributed by atoms with Gasteiger partial charge in [-0.2, -0.15) is 0 Å². The van der Waals surface area contributed by atoms with E-state index in [-0.39, 0.29) is 11.2 Å². The van der Waals surface area contributed by atoms with Gasteiger partial charge in [0.25, 0.3) is 0 Å². The molecule has 3 heteroatoms. The summed E-state index contributed by atoms with van der Waals surface area (Å²) in [6, 6.07) is 5.56. The van der Waals surface area contributed by atoms with Crippen LogP contribution < -0.4 is 5.32 Å². The lowest BCUT2D eigenvalue weighted by molar-refractivity contribution is -0.0975. The summed E-state index contributed by atoms with van der Waals surface area (Å²) in [5.74, 6) is -0.152. The van der Waals surface area contributed by atoms with Gasteiger partial charge in [-0.1, -0.05) is 13.8 Å². The third-order valence-corrected chi connectivity index (χ3v) is 4.04. The Hall–Kier alpha value is -1.09. The highest BCUT2D eigenvalue weighted by atomic mass is 19.1. The minimum Gasteiger partial charge on any atom is -0.382 e. The van der Waals surface area contributed by atoms with Gasteiger partial charge < -0.3 is 10.1 Å². The molecule has 1 aromatic carbocycles. The van der Waals surface area contributed by atoms with Crippen molar-refractivity contribution in [1.82, 2.24) is 0 Å². The first-order chi connectivity index (χ1) is 8.45. The first kappa shape index (κ1) is 13.3. The predicted molar refractivity (Wildman–Crippen MR) is 72.4 cm³/mol. The monoisotopic (exact) mass is 251 g/mol. The van der Waals surface area contributed by atoms with E-state index >= 15 is 0 Å². The van der Waals surface area contributed by atoms with Crippen LogP contribution in [0.2, 0.25) is 0 Å². The van der Waals surface area contributed by atoms with Crippen LogP contribution in [0.1, 0.15) is 32.8 Å². The maximum atomic E-state index is 13.2. The number of nitrogens with one attached hydrogen (secondary N) is 1. The Bertz CT molecular complexity index is 431. The summed E-state index contributed by atoms with van der Waals surface area (Å²) in [7, 11) is 0. The second-order valence-electron chi connectivity index (χ2n) is 5.66. The summed E-state index contributed by atoms with van der Waals surface area (Å²) >= 11 is 0. The van der Waals surface area contributed by atoms with Gasteiger partial charge in [0.2, 0.25) is 0 Å². The third kappa shape index (κ3) is 2.37. The van der Waals surface area contributed by atoms with Crippen LogP contribution >= 0.6 is 0 Å². The molecule has 2 unspecified atom stereocenters. The van der Waals surface area contributed by atoms with E-state index in [1.165, 1.54) is 6.07 Å². The normalized spacial score (nSPS) is 25.6. The highest BCUT2D eigenvalue weighted by Gasteiger charge is 2.48. The zero-order valence-electron chi connectivity index (χ0n) is 11.6. The maximum absolute atomic E-state index is 13.2. The Balaban J connectivity index is 2.01. The number of anilines is 1. The van der Waals surface area contributed by atoms with Crippen molar-refractivity contribution in [3.05, 3.63) is 29.6 Å². The van der Waals surface area contributed by atoms with Crippen LogP contribution in [-0.4, -0.2) is 18.8 Å². The molecule has 0 aliphatic heterocycles. The summed E-state index contributed by atoms with van der Waals surface area (Å²) in [5.41, 5.74) is 1.79. The zero-order valence-corrected chi connectivity index (χ0v) is 11.6. The number of rotatable bonds is 4. The van der Waals surface area contributed by atoms with Crippen molar-refractivity contribution < 1.29 is 9.13 Å². The quantitative estimate of drug-likeness (QED) is 0.880. The fourth-order valence-corrected chi connectivity index (χ4v) is 2.55. The number of hydrogen-bond donors (Lipinski definition) is 1. The second kappa shape index (κ2) is 4.88. The molecule has 0 aromatic heterocycles. The molecule has 1 aliphatic rings. The van der Waals surface area contributed by atoms with Crippen molar-refractivity contribution in [3.63, 3.8) is 0 Å². The summed E-state index contributed by atoms with van der Waals surface area (Å²) < 4.78 is 18.9. The number of halogens is 1. The van der Waals surface area contributed by atoms with Crippen molar-refractivity contribution >= 4 is 5.69 Å². The molecule has 100 valence electrons. The molecular weight excluding hydrogens is 229 g/mol. The Kier molecular flexibility index (Phi) is 3.62. The SMILES string of the molecule is CCOC1CC(Nc2ccc(F)c(C)c2)C1(C)C. The smallest absolute Gasteiger partial charge is 0.126 e. The Morgan fingerprint density at radius 2 is 2.17 bits per heavy atom. The molecular formula is C15H22FNO. The van der Waals surface area contributed by atoms with Gasteiger partial charge in [0, 0.05) is 23.8 Å². The van der Waals surface area contributed by atoms with Crippen molar-refractivity contribution in [3.8, 4) is 0 Å². The van der Waals surface area contributed by atoms with Crippen molar-refractivity contribution in [1.29, 1.82) is 0 Å². The van der Waals surface area contributed by atoms with E-state index in [1.54, 1.807) is 13.0 Å². The van der Waals surface area contributed by atoms with Gasteiger partial charge in [-0.05, 0) is 44.0 Å². The first-order valence-corrected chi connectivity index (χ1v) is 6.59. The molecule has 0 saturated heterocycles. The van der Waals surface area contributed by atoms with Crippen LogP contribution in [0.4, 0.5) is 10.1 Å². The minimum atomic E-state index is -0.152. The molecule has 0 bridgehead atoms. The van der Waals surface area contributed by atoms with Crippen molar-refractivity contribution in [2.45, 2.75) is 46.3 Å². The molecule has 1 aromatic rings. The molecule has 2 rings (SSSR count). The molecule has 1 saturated carbocycles. The standard InChI is InChI=1S/C15H22FNO/c1-5-18-14-9-13(15(14,3)4)17-11-6-7-12(16)10(2)8-11/h6-8,13-14,17H,5,9H2,1-4H3. The topological polar surface area (TPSA) is 21.3 Å². The van der Waals surface area contributed by atoms with Gasteiger partial charge in [0.1, 0.15) is 5.82 Å². The molecule has 1 aliphatic carbocycles. The lowest BCUT2D eigenvalue weighted by atomic mass is 9.64. The molecule has 0 amide bonds. The fraction of sp³-hybridized carbons (Fsp3) is 0.600. The molecule has 18 heavy (non-hydrogen) atoms. The zero-order chi connectivity index (χ0) is 13.3. The van der Waals surface area contributed by atoms with Crippen LogP contribution in [0, 0.1) is 18.2 Å². The summed E-state index contributed by atoms with van der Waals surface area (Å²) in [6.07, 6.45) is 1.33. The predicted octanol–water partition coefficient (Wildman–Crippen LogP) is 3.75. The average Bonchev–Trinajstić information content (AvgIpc) is 2.32. The van der Waals surface area contributed by atoms with E-state index < -0.39 is 0 Å². The van der Waals surface area contributed by atoms with Crippen molar-refractivity contribution in [2.24, 2.45) is 5.41 Å². The average molecular weight is 251 g/mol. The maximum Gasteiger partial charge on any atom is 0.126 e. The van der Waals surface area contributed by atoms with E-state index in [2.05, 4.69) is 19.2 Å². The van der Waals surface area contributed by atoms with Gasteiger partial charge in [-0.3, -0.25) is 0 Å². The summed E-state index contributed by atoms with van der Waals surface area (Å²) in [4.78, 5) is 0. The molecule has 1 N–H and O–H groups in total. The second-order valence-corrected chi connectivity index (χ2v) is 5.66. The fourth-order valence-electron chi connectivity index (χ4n) is 2.55.